The van der Waals surface area contributed by atoms with Gasteiger partial charge in [0.2, 0.25) is 0 Å². The van der Waals surface area contributed by atoms with Crippen molar-refractivity contribution in [3.05, 3.63) is 28.6 Å². The summed E-state index contributed by atoms with van der Waals surface area (Å²) in [5.41, 5.74) is 3.29. The maximum Gasteiger partial charge on any atom is 0.338 e. The number of aromatic carboxylic acids is 1. The molecule has 3 N–H and O–H groups in total. The number of halogens is 2. The summed E-state index contributed by atoms with van der Waals surface area (Å²) in [5.74, 6) is -1.49. The van der Waals surface area contributed by atoms with Crippen molar-refractivity contribution in [1.29, 1.82) is 5.26 Å². The highest BCUT2D eigenvalue weighted by atomic mass is 19.3. The van der Waals surface area contributed by atoms with Gasteiger partial charge in [-0.3, -0.25) is 4.98 Å². The Labute approximate surface area is 89.1 Å². The maximum absolute atomic E-state index is 12.5. The van der Waals surface area contributed by atoms with Crippen molar-refractivity contribution in [3.8, 4) is 6.07 Å². The van der Waals surface area contributed by atoms with E-state index in [0.717, 1.165) is 6.20 Å². The standard InChI is InChI=1S/C9H7F2N3O2/c10-8(11)5-3-14-6(2-13)7(9(15)16)4(5)1-12/h3,8H,2,13H2,(H,15,16). The number of carboxylic acid groups (broad SMARTS) is 1. The number of carbonyl (C=O) groups is 1. The van der Waals surface area contributed by atoms with Crippen molar-refractivity contribution in [2.45, 2.75) is 13.0 Å². The average Bonchev–Trinajstić information content (AvgIpc) is 2.26. The number of nitriles is 1. The molecule has 0 amide bonds. The first-order valence-corrected chi connectivity index (χ1v) is 4.16. The summed E-state index contributed by atoms with van der Waals surface area (Å²) >= 11 is 0. The van der Waals surface area contributed by atoms with E-state index < -0.39 is 29.1 Å². The van der Waals surface area contributed by atoms with Crippen LogP contribution in [0.25, 0.3) is 0 Å². The SMILES string of the molecule is N#Cc1c(C(F)F)cnc(CN)c1C(=O)O. The molecule has 1 heterocycles. The predicted molar refractivity (Wildman–Crippen MR) is 48.8 cm³/mol. The fraction of sp³-hybridized carbons (Fsp3) is 0.222. The Morgan fingerprint density at radius 1 is 1.69 bits per heavy atom. The van der Waals surface area contributed by atoms with Crippen LogP contribution in [0.2, 0.25) is 0 Å². The zero-order valence-corrected chi connectivity index (χ0v) is 7.94. The first-order chi connectivity index (χ1) is 7.52. The zero-order chi connectivity index (χ0) is 12.3. The minimum atomic E-state index is -2.95. The highest BCUT2D eigenvalue weighted by molar-refractivity contribution is 5.92. The van der Waals surface area contributed by atoms with E-state index in [-0.39, 0.29) is 12.2 Å². The van der Waals surface area contributed by atoms with E-state index in [1.165, 1.54) is 6.07 Å². The summed E-state index contributed by atoms with van der Waals surface area (Å²) in [7, 11) is 0. The van der Waals surface area contributed by atoms with Crippen LogP contribution in [-0.4, -0.2) is 16.1 Å². The van der Waals surface area contributed by atoms with E-state index >= 15 is 0 Å². The molecule has 0 bridgehead atoms. The van der Waals surface area contributed by atoms with Gasteiger partial charge < -0.3 is 10.8 Å². The van der Waals surface area contributed by atoms with E-state index in [9.17, 15) is 13.6 Å². The van der Waals surface area contributed by atoms with E-state index in [4.69, 9.17) is 16.1 Å². The van der Waals surface area contributed by atoms with Gasteiger partial charge in [-0.1, -0.05) is 0 Å². The predicted octanol–water partition coefficient (Wildman–Crippen LogP) is 1.05. The molecular formula is C9H7F2N3O2. The minimum Gasteiger partial charge on any atom is -0.478 e. The Morgan fingerprint density at radius 3 is 2.69 bits per heavy atom. The number of rotatable bonds is 3. The topological polar surface area (TPSA) is 100 Å². The van der Waals surface area contributed by atoms with Crippen molar-refractivity contribution < 1.29 is 18.7 Å². The summed E-state index contributed by atoms with van der Waals surface area (Å²) < 4.78 is 25.0. The van der Waals surface area contributed by atoms with Crippen molar-refractivity contribution in [2.24, 2.45) is 5.73 Å². The van der Waals surface area contributed by atoms with Gasteiger partial charge in [0.05, 0.1) is 16.8 Å². The first kappa shape index (κ1) is 12.0. The number of alkyl halides is 2. The van der Waals surface area contributed by atoms with Crippen LogP contribution in [0.15, 0.2) is 6.20 Å². The van der Waals surface area contributed by atoms with Crippen LogP contribution in [0, 0.1) is 11.3 Å². The van der Waals surface area contributed by atoms with Gasteiger partial charge in [0, 0.05) is 12.7 Å². The molecule has 1 aromatic heterocycles. The molecule has 0 aliphatic heterocycles. The van der Waals surface area contributed by atoms with Gasteiger partial charge in [-0.15, -0.1) is 0 Å². The third-order valence-electron chi connectivity index (χ3n) is 1.94. The van der Waals surface area contributed by atoms with E-state index in [0.29, 0.717) is 0 Å². The smallest absolute Gasteiger partial charge is 0.338 e. The summed E-state index contributed by atoms with van der Waals surface area (Å²) in [6, 6.07) is 1.45. The molecule has 0 aliphatic rings. The van der Waals surface area contributed by atoms with Crippen LogP contribution in [0.1, 0.15) is 33.6 Å². The number of nitrogens with zero attached hydrogens (tertiary/aromatic N) is 2. The Bertz CT molecular complexity index is 469. The van der Waals surface area contributed by atoms with Gasteiger partial charge in [0.15, 0.2) is 0 Å². The summed E-state index contributed by atoms with van der Waals surface area (Å²) in [6.45, 7) is -0.236. The quantitative estimate of drug-likeness (QED) is 0.803. The molecule has 16 heavy (non-hydrogen) atoms. The fourth-order valence-electron chi connectivity index (χ4n) is 1.24. The number of nitrogens with two attached hydrogens (primary N) is 1. The van der Waals surface area contributed by atoms with Gasteiger partial charge in [-0.05, 0) is 0 Å². The van der Waals surface area contributed by atoms with Crippen LogP contribution in [0.3, 0.4) is 0 Å². The molecule has 7 heteroatoms. The first-order valence-electron chi connectivity index (χ1n) is 4.16. The molecule has 0 atom stereocenters. The van der Waals surface area contributed by atoms with E-state index in [1.54, 1.807) is 0 Å². The lowest BCUT2D eigenvalue weighted by Gasteiger charge is -2.08. The van der Waals surface area contributed by atoms with Gasteiger partial charge >= 0.3 is 5.97 Å². The molecule has 0 fully saturated rings. The minimum absolute atomic E-state index is 0.0894. The largest absolute Gasteiger partial charge is 0.478 e. The Morgan fingerprint density at radius 2 is 2.31 bits per heavy atom. The summed E-state index contributed by atoms with van der Waals surface area (Å²) in [6.07, 6.45) is -2.18. The molecule has 1 rings (SSSR count). The molecule has 0 aromatic carbocycles. The Hall–Kier alpha value is -2.07. The van der Waals surface area contributed by atoms with Gasteiger partial charge in [0.1, 0.15) is 11.6 Å². The molecule has 5 nitrogen and oxygen atoms in total. The van der Waals surface area contributed by atoms with Crippen LogP contribution >= 0.6 is 0 Å². The average molecular weight is 227 g/mol. The Kier molecular flexibility index (Phi) is 3.48. The maximum atomic E-state index is 12.5. The number of pyridine rings is 1. The van der Waals surface area contributed by atoms with Gasteiger partial charge in [0.25, 0.3) is 6.43 Å². The third kappa shape index (κ3) is 1.97. The van der Waals surface area contributed by atoms with Crippen molar-refractivity contribution in [1.82, 2.24) is 4.98 Å². The number of carboxylic acids is 1. The lowest BCUT2D eigenvalue weighted by molar-refractivity contribution is 0.0694. The zero-order valence-electron chi connectivity index (χ0n) is 7.94. The molecular weight excluding hydrogens is 220 g/mol. The van der Waals surface area contributed by atoms with E-state index in [2.05, 4.69) is 4.98 Å². The van der Waals surface area contributed by atoms with Crippen molar-refractivity contribution in [2.75, 3.05) is 0 Å². The molecule has 0 unspecified atom stereocenters. The number of aromatic nitrogens is 1. The third-order valence-corrected chi connectivity index (χ3v) is 1.94. The lowest BCUT2D eigenvalue weighted by Crippen LogP contribution is -2.13. The molecule has 84 valence electrons. The van der Waals surface area contributed by atoms with Crippen LogP contribution in [0.4, 0.5) is 8.78 Å². The second-order valence-electron chi connectivity index (χ2n) is 2.83. The monoisotopic (exact) mass is 227 g/mol. The van der Waals surface area contributed by atoms with Crippen molar-refractivity contribution >= 4 is 5.97 Å². The Balaban J connectivity index is 3.58. The second kappa shape index (κ2) is 4.63. The summed E-state index contributed by atoms with van der Waals surface area (Å²) in [4.78, 5) is 14.4. The molecule has 0 saturated carbocycles. The number of hydrogen-bond donors (Lipinski definition) is 2. The van der Waals surface area contributed by atoms with Crippen LogP contribution < -0.4 is 5.73 Å². The molecule has 0 radical (unpaired) electrons. The molecule has 0 aliphatic carbocycles. The second-order valence-corrected chi connectivity index (χ2v) is 2.83. The number of hydrogen-bond acceptors (Lipinski definition) is 4. The van der Waals surface area contributed by atoms with Gasteiger partial charge in [-0.25, -0.2) is 13.6 Å². The van der Waals surface area contributed by atoms with Crippen molar-refractivity contribution in [3.63, 3.8) is 0 Å². The van der Waals surface area contributed by atoms with Crippen LogP contribution in [-0.2, 0) is 6.54 Å². The molecule has 1 aromatic rings. The lowest BCUT2D eigenvalue weighted by atomic mass is 10.0. The van der Waals surface area contributed by atoms with E-state index in [1.807, 2.05) is 0 Å². The molecule has 0 saturated heterocycles. The highest BCUT2D eigenvalue weighted by Gasteiger charge is 2.23. The fourth-order valence-corrected chi connectivity index (χ4v) is 1.24. The molecule has 0 spiro atoms. The van der Waals surface area contributed by atoms with Crippen LogP contribution in [0.5, 0.6) is 0 Å². The highest BCUT2D eigenvalue weighted by Crippen LogP contribution is 2.25. The summed E-state index contributed by atoms with van der Waals surface area (Å²) in [5, 5.41) is 17.5. The van der Waals surface area contributed by atoms with Gasteiger partial charge in [-0.2, -0.15) is 5.26 Å². The normalized spacial score (nSPS) is 10.2.